The van der Waals surface area contributed by atoms with Gasteiger partial charge in [-0.05, 0) is 49.6 Å². The molecule has 7 nitrogen and oxygen atoms in total. The Morgan fingerprint density at radius 2 is 1.97 bits per heavy atom. The van der Waals surface area contributed by atoms with Crippen molar-refractivity contribution in [1.82, 2.24) is 24.9 Å². The first-order valence-corrected chi connectivity index (χ1v) is 10.2. The highest BCUT2D eigenvalue weighted by Crippen LogP contribution is 2.37. The fourth-order valence-electron chi connectivity index (χ4n) is 4.62. The average molecular weight is 388 g/mol. The van der Waals surface area contributed by atoms with Crippen molar-refractivity contribution in [2.45, 2.75) is 25.4 Å². The number of amides is 1. The molecule has 3 aliphatic rings. The number of hydrogen-bond donors (Lipinski definition) is 1. The third kappa shape index (κ3) is 3.78. The maximum absolute atomic E-state index is 12.8. The molecule has 4 atom stereocenters. The zero-order valence-electron chi connectivity index (χ0n) is 16.2. The summed E-state index contributed by atoms with van der Waals surface area (Å²) in [5.41, 5.74) is 2.50. The van der Waals surface area contributed by atoms with Crippen molar-refractivity contribution in [1.29, 1.82) is 0 Å². The van der Waals surface area contributed by atoms with Gasteiger partial charge in [0.15, 0.2) is 0 Å². The molecule has 3 fully saturated rings. The summed E-state index contributed by atoms with van der Waals surface area (Å²) >= 11 is 0. The summed E-state index contributed by atoms with van der Waals surface area (Å²) < 4.78 is 1.91. The van der Waals surface area contributed by atoms with Crippen LogP contribution >= 0.6 is 0 Å². The maximum Gasteiger partial charge on any atom is 0.229 e. The monoisotopic (exact) mass is 388 g/mol. The van der Waals surface area contributed by atoms with E-state index in [0.717, 1.165) is 49.6 Å². The quantitative estimate of drug-likeness (QED) is 0.727. The lowest BCUT2D eigenvalue weighted by Crippen LogP contribution is -2.57. The number of anilines is 1. The Balaban J connectivity index is 1.23. The molecule has 2 aromatic heterocycles. The van der Waals surface area contributed by atoms with Crippen molar-refractivity contribution in [2.24, 2.45) is 11.8 Å². The van der Waals surface area contributed by atoms with Crippen molar-refractivity contribution in [3.05, 3.63) is 60.9 Å². The van der Waals surface area contributed by atoms with Crippen LogP contribution in [0.2, 0.25) is 0 Å². The minimum atomic E-state index is 0.0556. The molecule has 6 rings (SSSR count). The Kier molecular flexibility index (Phi) is 4.81. The van der Waals surface area contributed by atoms with Gasteiger partial charge in [-0.1, -0.05) is 29.5 Å². The molecule has 2 bridgehead atoms. The highest BCUT2D eigenvalue weighted by atomic mass is 16.2. The van der Waals surface area contributed by atoms with Crippen molar-refractivity contribution >= 4 is 11.6 Å². The Hall–Kier alpha value is -3.06. The van der Waals surface area contributed by atoms with Gasteiger partial charge in [0, 0.05) is 24.5 Å². The van der Waals surface area contributed by atoms with Gasteiger partial charge in [0.05, 0.1) is 24.4 Å². The fourth-order valence-corrected chi connectivity index (χ4v) is 4.62. The van der Waals surface area contributed by atoms with Gasteiger partial charge >= 0.3 is 0 Å². The molecule has 0 saturated carbocycles. The van der Waals surface area contributed by atoms with Crippen LogP contribution in [0.1, 0.15) is 12.8 Å². The number of para-hydroxylation sites is 1. The van der Waals surface area contributed by atoms with E-state index < -0.39 is 0 Å². The zero-order chi connectivity index (χ0) is 19.6. The fraction of sp³-hybridized carbons (Fsp3) is 0.364. The predicted molar refractivity (Wildman–Crippen MR) is 110 cm³/mol. The number of carbonyl (C=O) groups excluding carboxylic acids is 1. The van der Waals surface area contributed by atoms with E-state index in [9.17, 15) is 4.79 Å². The molecule has 3 aromatic rings. The average Bonchev–Trinajstić information content (AvgIpc) is 3.24. The van der Waals surface area contributed by atoms with Gasteiger partial charge in [0.1, 0.15) is 5.69 Å². The Bertz CT molecular complexity index is 973. The van der Waals surface area contributed by atoms with E-state index in [-0.39, 0.29) is 11.8 Å². The topological polar surface area (TPSA) is 75.9 Å². The molecule has 3 aliphatic heterocycles. The second kappa shape index (κ2) is 7.75. The van der Waals surface area contributed by atoms with Crippen LogP contribution < -0.4 is 5.32 Å². The number of benzene rings is 1. The number of hydrogen-bond acceptors (Lipinski definition) is 5. The van der Waals surface area contributed by atoms with Crippen LogP contribution in [0.4, 0.5) is 5.69 Å². The van der Waals surface area contributed by atoms with Crippen molar-refractivity contribution in [3.63, 3.8) is 0 Å². The summed E-state index contributed by atoms with van der Waals surface area (Å²) in [4.78, 5) is 19.6. The van der Waals surface area contributed by atoms with E-state index in [0.29, 0.717) is 12.0 Å². The summed E-state index contributed by atoms with van der Waals surface area (Å²) in [5, 5.41) is 11.7. The SMILES string of the molecule is O=C(Nc1ccccc1)[C@H]1CN2CCC1C[C@@H]2Cn1cc(-c2ccccn2)nn1. The second-order valence-corrected chi connectivity index (χ2v) is 7.94. The Morgan fingerprint density at radius 1 is 1.10 bits per heavy atom. The summed E-state index contributed by atoms with van der Waals surface area (Å²) in [5.74, 6) is 0.620. The largest absolute Gasteiger partial charge is 0.326 e. The van der Waals surface area contributed by atoms with E-state index >= 15 is 0 Å². The maximum atomic E-state index is 12.8. The molecule has 7 heteroatoms. The first-order valence-electron chi connectivity index (χ1n) is 10.2. The number of aromatic nitrogens is 4. The van der Waals surface area contributed by atoms with Gasteiger partial charge in [-0.25, -0.2) is 0 Å². The lowest BCUT2D eigenvalue weighted by molar-refractivity contribution is -0.127. The molecule has 3 saturated heterocycles. The van der Waals surface area contributed by atoms with Crippen molar-refractivity contribution < 1.29 is 4.79 Å². The van der Waals surface area contributed by atoms with Gasteiger partial charge in [-0.2, -0.15) is 0 Å². The minimum absolute atomic E-state index is 0.0556. The Labute approximate surface area is 169 Å². The molecule has 0 spiro atoms. The number of piperidine rings is 3. The van der Waals surface area contributed by atoms with E-state index in [1.54, 1.807) is 6.20 Å². The van der Waals surface area contributed by atoms with E-state index in [2.05, 4.69) is 25.5 Å². The van der Waals surface area contributed by atoms with E-state index in [4.69, 9.17) is 0 Å². The molecule has 1 aromatic carbocycles. The predicted octanol–water partition coefficient (Wildman–Crippen LogP) is 2.69. The first-order chi connectivity index (χ1) is 14.3. The second-order valence-electron chi connectivity index (χ2n) is 7.94. The number of pyridine rings is 1. The van der Waals surface area contributed by atoms with Crippen LogP contribution in [-0.2, 0) is 11.3 Å². The van der Waals surface area contributed by atoms with Gasteiger partial charge in [-0.15, -0.1) is 5.10 Å². The minimum Gasteiger partial charge on any atom is -0.326 e. The molecule has 0 aliphatic carbocycles. The van der Waals surface area contributed by atoms with Crippen LogP contribution in [-0.4, -0.2) is 49.9 Å². The number of nitrogens with one attached hydrogen (secondary N) is 1. The first kappa shape index (κ1) is 18.0. The molecular weight excluding hydrogens is 364 g/mol. The van der Waals surface area contributed by atoms with Gasteiger partial charge in [-0.3, -0.25) is 19.4 Å². The number of nitrogens with zero attached hydrogens (tertiary/aromatic N) is 5. The van der Waals surface area contributed by atoms with E-state index in [1.807, 2.05) is 59.4 Å². The smallest absolute Gasteiger partial charge is 0.229 e. The third-order valence-electron chi connectivity index (χ3n) is 6.12. The molecule has 29 heavy (non-hydrogen) atoms. The lowest BCUT2D eigenvalue weighted by atomic mass is 9.75. The molecule has 148 valence electrons. The van der Waals surface area contributed by atoms with Crippen LogP contribution in [0.15, 0.2) is 60.9 Å². The standard InChI is InChI=1S/C22H24N6O/c29-22(24-17-6-2-1-3-7-17)19-14-27-11-9-16(19)12-18(27)13-28-15-21(25-26-28)20-8-4-5-10-23-20/h1-8,10,15-16,18-19H,9,11-14H2,(H,24,29)/t16?,18-,19+/m1/s1. The van der Waals surface area contributed by atoms with Crippen molar-refractivity contribution in [2.75, 3.05) is 18.4 Å². The molecule has 0 radical (unpaired) electrons. The molecule has 5 heterocycles. The summed E-state index contributed by atoms with van der Waals surface area (Å²) in [7, 11) is 0. The molecule has 1 amide bonds. The van der Waals surface area contributed by atoms with Crippen LogP contribution in [0.5, 0.6) is 0 Å². The van der Waals surface area contributed by atoms with Crippen LogP contribution in [0, 0.1) is 11.8 Å². The summed E-state index contributed by atoms with van der Waals surface area (Å²) in [6.07, 6.45) is 5.83. The number of rotatable bonds is 5. The molecular formula is C22H24N6O. The van der Waals surface area contributed by atoms with E-state index in [1.165, 1.54) is 0 Å². The Morgan fingerprint density at radius 3 is 2.72 bits per heavy atom. The van der Waals surface area contributed by atoms with Crippen LogP contribution in [0.3, 0.4) is 0 Å². The zero-order valence-corrected chi connectivity index (χ0v) is 16.2. The van der Waals surface area contributed by atoms with Gasteiger partial charge in [0.2, 0.25) is 5.91 Å². The van der Waals surface area contributed by atoms with Gasteiger partial charge in [0.25, 0.3) is 0 Å². The highest BCUT2D eigenvalue weighted by Gasteiger charge is 2.43. The number of carbonyl (C=O) groups is 1. The van der Waals surface area contributed by atoms with Crippen molar-refractivity contribution in [3.8, 4) is 11.4 Å². The third-order valence-corrected chi connectivity index (χ3v) is 6.12. The normalized spacial score (nSPS) is 25.7. The molecule has 2 unspecified atom stereocenters. The highest BCUT2D eigenvalue weighted by molar-refractivity contribution is 5.93. The molecule has 1 N–H and O–H groups in total. The lowest BCUT2D eigenvalue weighted by Gasteiger charge is -2.49. The summed E-state index contributed by atoms with van der Waals surface area (Å²) in [6, 6.07) is 15.9. The van der Waals surface area contributed by atoms with Gasteiger partial charge < -0.3 is 5.32 Å². The summed E-state index contributed by atoms with van der Waals surface area (Å²) in [6.45, 7) is 2.66. The number of fused-ring (bicyclic) bond motifs is 3. The van der Waals surface area contributed by atoms with Crippen LogP contribution in [0.25, 0.3) is 11.4 Å².